The predicted molar refractivity (Wildman–Crippen MR) is 138 cm³/mol. The van der Waals surface area contributed by atoms with Gasteiger partial charge in [-0.1, -0.05) is 56.2 Å². The second kappa shape index (κ2) is 13.9. The topological polar surface area (TPSA) is 78.9 Å². The van der Waals surface area contributed by atoms with Crippen molar-refractivity contribution in [3.63, 3.8) is 0 Å². The predicted octanol–water partition coefficient (Wildman–Crippen LogP) is 5.76. The first-order valence-corrected chi connectivity index (χ1v) is 11.3. The Kier molecular flexibility index (Phi) is 11.7. The smallest absolute Gasteiger partial charge is 0.333 e. The molecule has 35 heavy (non-hydrogen) atoms. The molecule has 0 amide bonds. The van der Waals surface area contributed by atoms with Crippen LogP contribution in [0.3, 0.4) is 0 Å². The third-order valence-electron chi connectivity index (χ3n) is 4.83. The number of ether oxygens (including phenoxy) is 3. The van der Waals surface area contributed by atoms with E-state index in [2.05, 4.69) is 19.7 Å². The zero-order chi connectivity index (χ0) is 26.6. The fourth-order valence-electron chi connectivity index (χ4n) is 2.76. The van der Waals surface area contributed by atoms with Crippen molar-refractivity contribution in [2.24, 2.45) is 11.3 Å². The molecule has 1 atom stereocenters. The highest BCUT2D eigenvalue weighted by molar-refractivity contribution is 5.87. The van der Waals surface area contributed by atoms with Crippen LogP contribution in [-0.4, -0.2) is 31.1 Å². The van der Waals surface area contributed by atoms with Gasteiger partial charge in [0.15, 0.2) is 0 Å². The molecule has 0 fully saturated rings. The monoisotopic (exact) mass is 480 g/mol. The van der Waals surface area contributed by atoms with Crippen LogP contribution < -0.4 is 0 Å². The van der Waals surface area contributed by atoms with E-state index in [1.165, 1.54) is 0 Å². The Hall–Kier alpha value is -3.67. The lowest BCUT2D eigenvalue weighted by Gasteiger charge is -2.17. The molecule has 0 heterocycles. The van der Waals surface area contributed by atoms with Gasteiger partial charge in [0.25, 0.3) is 0 Å². The van der Waals surface area contributed by atoms with Crippen molar-refractivity contribution in [3.05, 3.63) is 90.8 Å². The number of rotatable bonds is 12. The fraction of sp³-hybridized carbons (Fsp3) is 0.345. The number of allylic oxidation sites excluding steroid dienone is 4. The van der Waals surface area contributed by atoms with Gasteiger partial charge in [-0.25, -0.2) is 9.59 Å². The second-order valence-electron chi connectivity index (χ2n) is 9.16. The lowest BCUT2D eigenvalue weighted by atomic mass is 9.97. The van der Waals surface area contributed by atoms with Crippen LogP contribution >= 0.6 is 0 Å². The van der Waals surface area contributed by atoms with E-state index in [-0.39, 0.29) is 30.9 Å². The molecule has 6 heteroatoms. The van der Waals surface area contributed by atoms with Crippen LogP contribution in [-0.2, 0) is 35.0 Å². The van der Waals surface area contributed by atoms with Crippen molar-refractivity contribution < 1.29 is 28.6 Å². The normalized spacial score (nSPS) is 12.5. The van der Waals surface area contributed by atoms with E-state index in [1.807, 2.05) is 43.3 Å². The number of benzene rings is 1. The Morgan fingerprint density at radius 3 is 2.11 bits per heavy atom. The van der Waals surface area contributed by atoms with Crippen LogP contribution in [0.2, 0.25) is 0 Å². The highest BCUT2D eigenvalue weighted by atomic mass is 16.5. The summed E-state index contributed by atoms with van der Waals surface area (Å²) in [6.45, 7) is 19.8. The largest absolute Gasteiger partial charge is 0.462 e. The van der Waals surface area contributed by atoms with E-state index < -0.39 is 17.4 Å². The van der Waals surface area contributed by atoms with E-state index in [0.29, 0.717) is 12.0 Å². The Labute approximate surface area is 208 Å². The van der Waals surface area contributed by atoms with Crippen molar-refractivity contribution in [2.45, 2.75) is 41.0 Å². The third-order valence-corrected chi connectivity index (χ3v) is 4.83. The van der Waals surface area contributed by atoms with Gasteiger partial charge in [0.05, 0.1) is 18.6 Å². The quantitative estimate of drug-likeness (QED) is 0.124. The van der Waals surface area contributed by atoms with Gasteiger partial charge in [-0.15, -0.1) is 0 Å². The van der Waals surface area contributed by atoms with E-state index in [4.69, 9.17) is 14.2 Å². The van der Waals surface area contributed by atoms with Gasteiger partial charge in [0, 0.05) is 17.6 Å². The SMILES string of the molecule is C=CC(=O)OCC(COC(=O)C(=C)C)Cc1ccc(C(/C=C\C(=C)OC(=O)C(C)(C)C)=C/C)cc1. The molecule has 0 spiro atoms. The maximum Gasteiger partial charge on any atom is 0.333 e. The molecule has 1 rings (SSSR count). The molecule has 0 radical (unpaired) electrons. The van der Waals surface area contributed by atoms with Crippen molar-refractivity contribution in [1.29, 1.82) is 0 Å². The fourth-order valence-corrected chi connectivity index (χ4v) is 2.76. The molecule has 0 aliphatic rings. The van der Waals surface area contributed by atoms with Crippen LogP contribution in [0.5, 0.6) is 0 Å². The summed E-state index contributed by atoms with van der Waals surface area (Å²) in [5, 5.41) is 0. The van der Waals surface area contributed by atoms with Gasteiger partial charge in [-0.3, -0.25) is 4.79 Å². The molecule has 0 aliphatic heterocycles. The molecule has 0 aromatic heterocycles. The van der Waals surface area contributed by atoms with Crippen LogP contribution in [0.4, 0.5) is 0 Å². The van der Waals surface area contributed by atoms with E-state index in [1.54, 1.807) is 33.8 Å². The van der Waals surface area contributed by atoms with Gasteiger partial charge in [0.2, 0.25) is 0 Å². The molecule has 0 bridgehead atoms. The molecule has 0 saturated heterocycles. The maximum atomic E-state index is 12.0. The van der Waals surface area contributed by atoms with Crippen LogP contribution in [0.25, 0.3) is 5.57 Å². The highest BCUT2D eigenvalue weighted by Crippen LogP contribution is 2.21. The van der Waals surface area contributed by atoms with Gasteiger partial charge in [0.1, 0.15) is 5.76 Å². The number of esters is 3. The summed E-state index contributed by atoms with van der Waals surface area (Å²) in [6.07, 6.45) is 7.07. The Morgan fingerprint density at radius 2 is 1.60 bits per heavy atom. The summed E-state index contributed by atoms with van der Waals surface area (Å²) in [4.78, 5) is 35.3. The molecule has 6 nitrogen and oxygen atoms in total. The Bertz CT molecular complexity index is 1000. The van der Waals surface area contributed by atoms with Gasteiger partial charge in [-0.05, 0) is 63.8 Å². The highest BCUT2D eigenvalue weighted by Gasteiger charge is 2.23. The van der Waals surface area contributed by atoms with Gasteiger partial charge >= 0.3 is 17.9 Å². The van der Waals surface area contributed by atoms with Crippen molar-refractivity contribution in [3.8, 4) is 0 Å². The molecule has 1 aromatic carbocycles. The van der Waals surface area contributed by atoms with Crippen LogP contribution in [0.15, 0.2) is 79.6 Å². The zero-order valence-electron chi connectivity index (χ0n) is 21.4. The maximum absolute atomic E-state index is 12.0. The molecule has 0 N–H and O–H groups in total. The number of hydrogen-bond donors (Lipinski definition) is 0. The zero-order valence-corrected chi connectivity index (χ0v) is 21.4. The van der Waals surface area contributed by atoms with Crippen molar-refractivity contribution in [1.82, 2.24) is 0 Å². The van der Waals surface area contributed by atoms with Crippen molar-refractivity contribution in [2.75, 3.05) is 13.2 Å². The summed E-state index contributed by atoms with van der Waals surface area (Å²) in [5.41, 5.74) is 2.57. The average Bonchev–Trinajstić information content (AvgIpc) is 2.80. The Morgan fingerprint density at radius 1 is 1.00 bits per heavy atom. The Balaban J connectivity index is 2.87. The lowest BCUT2D eigenvalue weighted by molar-refractivity contribution is -0.148. The first-order valence-electron chi connectivity index (χ1n) is 11.3. The molecular weight excluding hydrogens is 444 g/mol. The first-order chi connectivity index (χ1) is 16.4. The summed E-state index contributed by atoms with van der Waals surface area (Å²) in [7, 11) is 0. The summed E-state index contributed by atoms with van der Waals surface area (Å²) in [5.74, 6) is -1.33. The minimum absolute atomic E-state index is 0.0916. The number of hydrogen-bond acceptors (Lipinski definition) is 6. The lowest BCUT2D eigenvalue weighted by Crippen LogP contribution is -2.22. The molecule has 1 unspecified atom stereocenters. The van der Waals surface area contributed by atoms with Crippen LogP contribution in [0.1, 0.15) is 45.7 Å². The minimum atomic E-state index is -0.610. The summed E-state index contributed by atoms with van der Waals surface area (Å²) < 4.78 is 15.7. The molecule has 188 valence electrons. The van der Waals surface area contributed by atoms with E-state index >= 15 is 0 Å². The van der Waals surface area contributed by atoms with E-state index in [0.717, 1.165) is 22.8 Å². The molecular formula is C29H36O6. The van der Waals surface area contributed by atoms with Gasteiger partial charge < -0.3 is 14.2 Å². The minimum Gasteiger partial charge on any atom is -0.462 e. The average molecular weight is 481 g/mol. The molecule has 0 saturated carbocycles. The second-order valence-corrected chi connectivity index (χ2v) is 9.16. The third kappa shape index (κ3) is 10.9. The summed E-state index contributed by atoms with van der Waals surface area (Å²) >= 11 is 0. The van der Waals surface area contributed by atoms with Crippen molar-refractivity contribution >= 4 is 23.5 Å². The number of carbonyl (C=O) groups is 3. The standard InChI is InChI=1S/C29H36O6/c1-9-24(14-11-21(5)35-28(32)29(6,7)8)25-15-12-22(13-16-25)17-23(18-33-26(30)10-2)19-34-27(31)20(3)4/h9-16,23H,2-3,5,17-19H2,1,4,6-8H3/b14-11-,24-9+. The first kappa shape index (κ1) is 29.4. The number of carbonyl (C=O) groups excluding carboxylic acids is 3. The summed E-state index contributed by atoms with van der Waals surface area (Å²) in [6, 6.07) is 7.85. The van der Waals surface area contributed by atoms with Crippen LogP contribution in [0, 0.1) is 11.3 Å². The molecule has 0 aliphatic carbocycles. The van der Waals surface area contributed by atoms with Gasteiger partial charge in [-0.2, -0.15) is 0 Å². The molecule has 1 aromatic rings. The van der Waals surface area contributed by atoms with E-state index in [9.17, 15) is 14.4 Å².